The van der Waals surface area contributed by atoms with Gasteiger partial charge in [0.15, 0.2) is 0 Å². The monoisotopic (exact) mass is 240 g/mol. The van der Waals surface area contributed by atoms with Crippen molar-refractivity contribution in [3.8, 4) is 0 Å². The summed E-state index contributed by atoms with van der Waals surface area (Å²) in [5.74, 6) is 0.489. The van der Waals surface area contributed by atoms with Gasteiger partial charge in [0.1, 0.15) is 0 Å². The third kappa shape index (κ3) is 3.94. The van der Waals surface area contributed by atoms with Crippen LogP contribution >= 0.6 is 0 Å². The van der Waals surface area contributed by atoms with Crippen LogP contribution in [0.1, 0.15) is 51.9 Å². The topological polar surface area (TPSA) is 44.3 Å². The maximum absolute atomic E-state index is 9.41. The first-order valence-corrected chi connectivity index (χ1v) is 7.40. The molecule has 3 N–H and O–H groups in total. The normalized spacial score (nSPS) is 36.0. The van der Waals surface area contributed by atoms with Gasteiger partial charge in [-0.2, -0.15) is 0 Å². The Hall–Kier alpha value is -0.120. The summed E-state index contributed by atoms with van der Waals surface area (Å²) in [5.41, 5.74) is 0. The van der Waals surface area contributed by atoms with E-state index in [1.807, 2.05) is 0 Å². The van der Waals surface area contributed by atoms with Crippen molar-refractivity contribution in [1.82, 2.24) is 10.6 Å². The van der Waals surface area contributed by atoms with E-state index in [0.717, 1.165) is 0 Å². The molecule has 0 radical (unpaired) electrons. The summed E-state index contributed by atoms with van der Waals surface area (Å²) in [6.45, 7) is 3.84. The lowest BCUT2D eigenvalue weighted by molar-refractivity contribution is 0.145. The van der Waals surface area contributed by atoms with Crippen LogP contribution in [-0.2, 0) is 0 Å². The molecule has 2 rings (SSSR count). The second-order valence-corrected chi connectivity index (χ2v) is 5.93. The molecule has 0 bridgehead atoms. The largest absolute Gasteiger partial charge is 0.396 e. The van der Waals surface area contributed by atoms with Crippen LogP contribution < -0.4 is 10.6 Å². The summed E-state index contributed by atoms with van der Waals surface area (Å²) >= 11 is 0. The number of nitrogens with one attached hydrogen (secondary N) is 2. The zero-order valence-electron chi connectivity index (χ0n) is 11.1. The second-order valence-electron chi connectivity index (χ2n) is 5.93. The highest BCUT2D eigenvalue weighted by Gasteiger charge is 2.26. The molecule has 3 nitrogen and oxygen atoms in total. The van der Waals surface area contributed by atoms with E-state index in [2.05, 4.69) is 17.6 Å². The Morgan fingerprint density at radius 3 is 2.76 bits per heavy atom. The molecule has 0 amide bonds. The highest BCUT2D eigenvalue weighted by atomic mass is 16.3. The maximum Gasteiger partial charge on any atom is 0.0474 e. The first-order chi connectivity index (χ1) is 8.29. The molecule has 4 unspecified atom stereocenters. The molecule has 1 aliphatic carbocycles. The Morgan fingerprint density at radius 1 is 1.24 bits per heavy atom. The zero-order chi connectivity index (χ0) is 12.1. The minimum atomic E-state index is 0.353. The Kier molecular flexibility index (Phi) is 5.26. The minimum Gasteiger partial charge on any atom is -0.396 e. The number of aliphatic hydroxyl groups excluding tert-OH is 1. The summed E-state index contributed by atoms with van der Waals surface area (Å²) in [6, 6.07) is 1.83. The summed E-state index contributed by atoms with van der Waals surface area (Å²) in [4.78, 5) is 0. The second kappa shape index (κ2) is 6.72. The molecule has 2 fully saturated rings. The number of aliphatic hydroxyl groups is 1. The molecule has 1 saturated carbocycles. The van der Waals surface area contributed by atoms with Crippen molar-refractivity contribution in [1.29, 1.82) is 0 Å². The quantitative estimate of drug-likeness (QED) is 0.685. The molecule has 3 heteroatoms. The summed E-state index contributed by atoms with van der Waals surface area (Å²) < 4.78 is 0. The van der Waals surface area contributed by atoms with Crippen molar-refractivity contribution in [2.75, 3.05) is 13.2 Å². The van der Waals surface area contributed by atoms with Gasteiger partial charge in [-0.15, -0.1) is 0 Å². The van der Waals surface area contributed by atoms with Gasteiger partial charge in [0.05, 0.1) is 0 Å². The molecule has 17 heavy (non-hydrogen) atoms. The van der Waals surface area contributed by atoms with Crippen molar-refractivity contribution in [2.24, 2.45) is 5.92 Å². The third-order valence-electron chi connectivity index (χ3n) is 4.44. The first-order valence-electron chi connectivity index (χ1n) is 7.40. The SMILES string of the molecule is CC(CC1CCCN1)NC1CCCCC1CO. The van der Waals surface area contributed by atoms with Crippen LogP contribution in [0.3, 0.4) is 0 Å². The summed E-state index contributed by atoms with van der Waals surface area (Å²) in [6.07, 6.45) is 8.95. The standard InChI is InChI=1S/C14H28N2O/c1-11(9-13-6-4-8-15-13)16-14-7-3-2-5-12(14)10-17/h11-17H,2-10H2,1H3. The van der Waals surface area contributed by atoms with Gasteiger partial charge in [0.2, 0.25) is 0 Å². The fourth-order valence-electron chi connectivity index (χ4n) is 3.46. The van der Waals surface area contributed by atoms with Gasteiger partial charge in [-0.05, 0) is 51.5 Å². The number of rotatable bonds is 5. The lowest BCUT2D eigenvalue weighted by Crippen LogP contribution is -2.46. The lowest BCUT2D eigenvalue weighted by Gasteiger charge is -2.34. The highest BCUT2D eigenvalue weighted by Crippen LogP contribution is 2.24. The molecule has 0 aromatic rings. The van der Waals surface area contributed by atoms with E-state index >= 15 is 0 Å². The van der Waals surface area contributed by atoms with Crippen LogP contribution in [0.15, 0.2) is 0 Å². The van der Waals surface area contributed by atoms with E-state index in [-0.39, 0.29) is 0 Å². The van der Waals surface area contributed by atoms with E-state index in [0.29, 0.717) is 30.7 Å². The number of hydrogen-bond acceptors (Lipinski definition) is 3. The fourth-order valence-corrected chi connectivity index (χ4v) is 3.46. The predicted molar refractivity (Wildman–Crippen MR) is 71.1 cm³/mol. The molecule has 100 valence electrons. The molecule has 1 saturated heterocycles. The van der Waals surface area contributed by atoms with E-state index in [1.54, 1.807) is 0 Å². The third-order valence-corrected chi connectivity index (χ3v) is 4.44. The Bertz CT molecular complexity index is 216. The van der Waals surface area contributed by atoms with E-state index in [4.69, 9.17) is 0 Å². The van der Waals surface area contributed by atoms with Gasteiger partial charge in [-0.3, -0.25) is 0 Å². The van der Waals surface area contributed by atoms with E-state index in [1.165, 1.54) is 51.5 Å². The average molecular weight is 240 g/mol. The Labute approximate surface area is 105 Å². The van der Waals surface area contributed by atoms with Gasteiger partial charge in [-0.1, -0.05) is 12.8 Å². The van der Waals surface area contributed by atoms with E-state index < -0.39 is 0 Å². The van der Waals surface area contributed by atoms with Crippen LogP contribution in [0.4, 0.5) is 0 Å². The van der Waals surface area contributed by atoms with Crippen LogP contribution in [-0.4, -0.2) is 36.4 Å². The average Bonchev–Trinajstić information content (AvgIpc) is 2.82. The van der Waals surface area contributed by atoms with Gasteiger partial charge >= 0.3 is 0 Å². The van der Waals surface area contributed by atoms with Crippen molar-refractivity contribution in [3.05, 3.63) is 0 Å². The predicted octanol–water partition coefficient (Wildman–Crippen LogP) is 1.66. The fraction of sp³-hybridized carbons (Fsp3) is 1.00. The molecule has 0 aromatic carbocycles. The van der Waals surface area contributed by atoms with Gasteiger partial charge < -0.3 is 15.7 Å². The Morgan fingerprint density at radius 2 is 2.06 bits per heavy atom. The highest BCUT2D eigenvalue weighted by molar-refractivity contribution is 4.85. The minimum absolute atomic E-state index is 0.353. The first kappa shape index (κ1) is 13.3. The summed E-state index contributed by atoms with van der Waals surface area (Å²) in [5, 5.41) is 16.7. The van der Waals surface area contributed by atoms with Crippen LogP contribution in [0.5, 0.6) is 0 Å². The van der Waals surface area contributed by atoms with Crippen molar-refractivity contribution in [2.45, 2.75) is 70.0 Å². The molecular weight excluding hydrogens is 212 g/mol. The van der Waals surface area contributed by atoms with Gasteiger partial charge in [-0.25, -0.2) is 0 Å². The summed E-state index contributed by atoms with van der Waals surface area (Å²) in [7, 11) is 0. The maximum atomic E-state index is 9.41. The molecule has 4 atom stereocenters. The number of hydrogen-bond donors (Lipinski definition) is 3. The molecule has 1 aliphatic heterocycles. The van der Waals surface area contributed by atoms with Gasteiger partial charge in [0, 0.05) is 24.7 Å². The molecular formula is C14H28N2O. The lowest BCUT2D eigenvalue weighted by atomic mass is 9.84. The Balaban J connectivity index is 1.73. The van der Waals surface area contributed by atoms with Crippen LogP contribution in [0.25, 0.3) is 0 Å². The molecule has 0 spiro atoms. The van der Waals surface area contributed by atoms with Crippen LogP contribution in [0, 0.1) is 5.92 Å². The molecule has 0 aromatic heterocycles. The van der Waals surface area contributed by atoms with Crippen LogP contribution in [0.2, 0.25) is 0 Å². The van der Waals surface area contributed by atoms with Crippen molar-refractivity contribution < 1.29 is 5.11 Å². The zero-order valence-corrected chi connectivity index (χ0v) is 11.1. The van der Waals surface area contributed by atoms with Gasteiger partial charge in [0.25, 0.3) is 0 Å². The van der Waals surface area contributed by atoms with E-state index in [9.17, 15) is 5.11 Å². The van der Waals surface area contributed by atoms with Crippen molar-refractivity contribution in [3.63, 3.8) is 0 Å². The molecule has 2 aliphatic rings. The van der Waals surface area contributed by atoms with Crippen molar-refractivity contribution >= 4 is 0 Å². The smallest absolute Gasteiger partial charge is 0.0474 e. The molecule has 1 heterocycles.